The first kappa shape index (κ1) is 24.5. The van der Waals surface area contributed by atoms with Crippen LogP contribution in [0.5, 0.6) is 5.75 Å². The van der Waals surface area contributed by atoms with Gasteiger partial charge in [-0.1, -0.05) is 18.2 Å². The Kier molecular flexibility index (Phi) is 8.41. The number of carboxylic acids is 1. The third-order valence-electron chi connectivity index (χ3n) is 4.97. The Bertz CT molecular complexity index is 1070. The molecule has 1 aliphatic rings. The Morgan fingerprint density at radius 3 is 2.71 bits per heavy atom. The second kappa shape index (κ2) is 11.7. The van der Waals surface area contributed by atoms with E-state index in [0.717, 1.165) is 0 Å². The minimum Gasteiger partial charge on any atom is -0.497 e. The van der Waals surface area contributed by atoms with Crippen LogP contribution in [-0.4, -0.2) is 66.8 Å². The number of aliphatic hydroxyl groups is 1. The number of aliphatic hydroxyl groups excluding tert-OH is 1. The molecule has 2 unspecified atom stereocenters. The van der Waals surface area contributed by atoms with Crippen molar-refractivity contribution in [3.8, 4) is 5.75 Å². The van der Waals surface area contributed by atoms with Crippen LogP contribution in [0, 0.1) is 0 Å². The van der Waals surface area contributed by atoms with Gasteiger partial charge in [0.2, 0.25) is 5.91 Å². The highest BCUT2D eigenvalue weighted by molar-refractivity contribution is 5.99. The second-order valence-electron chi connectivity index (χ2n) is 7.61. The summed E-state index contributed by atoms with van der Waals surface area (Å²) in [5, 5.41) is 29.9. The molecule has 11 heteroatoms. The van der Waals surface area contributed by atoms with E-state index in [1.165, 1.54) is 7.11 Å². The molecule has 2 aromatic carbocycles. The van der Waals surface area contributed by atoms with Crippen molar-refractivity contribution < 1.29 is 29.3 Å². The Hall–Kier alpha value is -4.12. The molecule has 0 saturated carbocycles. The van der Waals surface area contributed by atoms with Gasteiger partial charge in [0.1, 0.15) is 5.75 Å². The van der Waals surface area contributed by atoms with Gasteiger partial charge in [0.25, 0.3) is 5.91 Å². The fourth-order valence-electron chi connectivity index (χ4n) is 3.28. The second-order valence-corrected chi connectivity index (χ2v) is 7.61. The smallest absolute Gasteiger partial charge is 0.305 e. The minimum atomic E-state index is -1.08. The SMILES string of the molecule is COc1cccc(C(CC(=O)O)NC(=O)CNC(=O)c2cccc(NC3=NCC(O)CN3)c2)c1. The standard InChI is InChI=1S/C23H27N5O6/c1-34-18-7-3-4-14(9-18)19(10-21(31)32)28-20(30)13-24-22(33)15-5-2-6-16(8-15)27-23-25-11-17(29)12-26-23/h2-9,17,19,29H,10-13H2,1H3,(H,24,33)(H,28,30)(H,31,32)(H2,25,26,27). The van der Waals surface area contributed by atoms with Crippen LogP contribution in [0.25, 0.3) is 0 Å². The van der Waals surface area contributed by atoms with Gasteiger partial charge in [0.05, 0.1) is 38.8 Å². The first-order chi connectivity index (χ1) is 16.3. The van der Waals surface area contributed by atoms with Crippen molar-refractivity contribution in [2.45, 2.75) is 18.6 Å². The maximum atomic E-state index is 12.5. The molecule has 2 atom stereocenters. The number of carbonyl (C=O) groups is 3. The normalized spacial score (nSPS) is 15.8. The van der Waals surface area contributed by atoms with Crippen molar-refractivity contribution in [3.05, 3.63) is 59.7 Å². The van der Waals surface area contributed by atoms with Gasteiger partial charge in [-0.3, -0.25) is 19.4 Å². The number of ether oxygens (including phenoxy) is 1. The van der Waals surface area contributed by atoms with E-state index in [0.29, 0.717) is 35.1 Å². The molecule has 1 aliphatic heterocycles. The molecular formula is C23H27N5O6. The largest absolute Gasteiger partial charge is 0.497 e. The fourth-order valence-corrected chi connectivity index (χ4v) is 3.28. The molecule has 0 aromatic heterocycles. The number of hydrogen-bond acceptors (Lipinski definition) is 8. The number of methoxy groups -OCH3 is 1. The predicted octanol–water partition coefficient (Wildman–Crippen LogP) is 0.489. The molecule has 11 nitrogen and oxygen atoms in total. The van der Waals surface area contributed by atoms with Gasteiger partial charge in [0.15, 0.2) is 5.96 Å². The van der Waals surface area contributed by atoms with Crippen LogP contribution in [0.15, 0.2) is 53.5 Å². The number of β-amino-alcohol motifs (C(OH)–C–C–N with tert-alkyl or cyclic N) is 1. The van der Waals surface area contributed by atoms with E-state index >= 15 is 0 Å². The number of nitrogens with one attached hydrogen (secondary N) is 4. The molecule has 180 valence electrons. The van der Waals surface area contributed by atoms with E-state index in [4.69, 9.17) is 4.74 Å². The summed E-state index contributed by atoms with van der Waals surface area (Å²) in [5.74, 6) is -1.05. The van der Waals surface area contributed by atoms with E-state index in [1.54, 1.807) is 48.5 Å². The summed E-state index contributed by atoms with van der Waals surface area (Å²) in [5.41, 5.74) is 1.51. The van der Waals surface area contributed by atoms with Crippen LogP contribution in [0.3, 0.4) is 0 Å². The van der Waals surface area contributed by atoms with E-state index < -0.39 is 29.9 Å². The maximum Gasteiger partial charge on any atom is 0.305 e. The van der Waals surface area contributed by atoms with Crippen LogP contribution in [0.2, 0.25) is 0 Å². The van der Waals surface area contributed by atoms with Gasteiger partial charge in [-0.2, -0.15) is 0 Å². The number of aliphatic carboxylic acids is 1. The molecule has 1 heterocycles. The molecular weight excluding hydrogens is 442 g/mol. The molecule has 0 radical (unpaired) electrons. The van der Waals surface area contributed by atoms with Crippen LogP contribution in [-0.2, 0) is 9.59 Å². The van der Waals surface area contributed by atoms with Gasteiger partial charge in [-0.25, -0.2) is 0 Å². The van der Waals surface area contributed by atoms with E-state index in [1.807, 2.05) is 0 Å². The molecule has 2 aromatic rings. The average molecular weight is 469 g/mol. The number of benzene rings is 2. The van der Waals surface area contributed by atoms with Gasteiger partial charge in [-0.15, -0.1) is 0 Å². The number of carbonyl (C=O) groups excluding carboxylic acids is 2. The zero-order chi connectivity index (χ0) is 24.5. The van der Waals surface area contributed by atoms with Gasteiger partial charge in [-0.05, 0) is 35.9 Å². The number of aliphatic imine (C=N–C) groups is 1. The third-order valence-corrected chi connectivity index (χ3v) is 4.97. The Morgan fingerprint density at radius 2 is 2.00 bits per heavy atom. The van der Waals surface area contributed by atoms with Crippen LogP contribution in [0.4, 0.5) is 5.69 Å². The quantitative estimate of drug-likeness (QED) is 0.309. The summed E-state index contributed by atoms with van der Waals surface area (Å²) >= 11 is 0. The number of rotatable bonds is 9. The summed E-state index contributed by atoms with van der Waals surface area (Å²) in [4.78, 5) is 40.4. The van der Waals surface area contributed by atoms with Crippen molar-refractivity contribution in [3.63, 3.8) is 0 Å². The highest BCUT2D eigenvalue weighted by Crippen LogP contribution is 2.21. The fraction of sp³-hybridized carbons (Fsp3) is 0.304. The Balaban J connectivity index is 1.58. The summed E-state index contributed by atoms with van der Waals surface area (Å²) in [6, 6.07) is 12.6. The van der Waals surface area contributed by atoms with Gasteiger partial charge >= 0.3 is 5.97 Å². The van der Waals surface area contributed by atoms with Crippen molar-refractivity contribution in [2.75, 3.05) is 32.1 Å². The van der Waals surface area contributed by atoms with Gasteiger partial charge in [0, 0.05) is 17.8 Å². The molecule has 34 heavy (non-hydrogen) atoms. The summed E-state index contributed by atoms with van der Waals surface area (Å²) < 4.78 is 5.16. The van der Waals surface area contributed by atoms with E-state index in [2.05, 4.69) is 26.3 Å². The first-order valence-corrected chi connectivity index (χ1v) is 10.6. The van der Waals surface area contributed by atoms with Crippen LogP contribution in [0.1, 0.15) is 28.4 Å². The number of anilines is 1. The number of carboxylic acid groups (broad SMARTS) is 1. The number of amides is 2. The van der Waals surface area contributed by atoms with Crippen LogP contribution < -0.4 is 26.0 Å². The highest BCUT2D eigenvalue weighted by atomic mass is 16.5. The monoisotopic (exact) mass is 469 g/mol. The van der Waals surface area contributed by atoms with Crippen molar-refractivity contribution >= 4 is 29.4 Å². The lowest BCUT2D eigenvalue weighted by Crippen LogP contribution is -2.42. The van der Waals surface area contributed by atoms with E-state index in [9.17, 15) is 24.6 Å². The van der Waals surface area contributed by atoms with Crippen molar-refractivity contribution in [1.82, 2.24) is 16.0 Å². The summed E-state index contributed by atoms with van der Waals surface area (Å²) in [6.07, 6.45) is -0.858. The number of guanidine groups is 1. The van der Waals surface area contributed by atoms with Crippen molar-refractivity contribution in [1.29, 1.82) is 0 Å². The Labute approximate surface area is 196 Å². The predicted molar refractivity (Wildman–Crippen MR) is 125 cm³/mol. The van der Waals surface area contributed by atoms with Gasteiger partial charge < -0.3 is 36.2 Å². The average Bonchev–Trinajstić information content (AvgIpc) is 2.83. The lowest BCUT2D eigenvalue weighted by atomic mass is 10.0. The molecule has 3 rings (SSSR count). The number of hydrogen-bond donors (Lipinski definition) is 6. The van der Waals surface area contributed by atoms with Crippen LogP contribution >= 0.6 is 0 Å². The zero-order valence-electron chi connectivity index (χ0n) is 18.6. The zero-order valence-corrected chi connectivity index (χ0v) is 18.6. The molecule has 6 N–H and O–H groups in total. The molecule has 0 fully saturated rings. The number of nitrogens with zero attached hydrogens (tertiary/aromatic N) is 1. The topological polar surface area (TPSA) is 161 Å². The maximum absolute atomic E-state index is 12.5. The molecule has 2 amide bonds. The molecule has 0 spiro atoms. The molecule has 0 saturated heterocycles. The minimum absolute atomic E-state index is 0.281. The third kappa shape index (κ3) is 7.20. The Morgan fingerprint density at radius 1 is 1.21 bits per heavy atom. The van der Waals surface area contributed by atoms with Crippen molar-refractivity contribution in [2.24, 2.45) is 4.99 Å². The summed E-state index contributed by atoms with van der Waals surface area (Å²) in [7, 11) is 1.49. The lowest BCUT2D eigenvalue weighted by molar-refractivity contribution is -0.137. The van der Waals surface area contributed by atoms with E-state index in [-0.39, 0.29) is 19.5 Å². The molecule has 0 aliphatic carbocycles. The molecule has 0 bridgehead atoms. The summed E-state index contributed by atoms with van der Waals surface area (Å²) in [6.45, 7) is 0.325. The lowest BCUT2D eigenvalue weighted by Gasteiger charge is -2.20. The highest BCUT2D eigenvalue weighted by Gasteiger charge is 2.19. The first-order valence-electron chi connectivity index (χ1n) is 10.6.